The fourth-order valence-corrected chi connectivity index (χ4v) is 1.29. The molecule has 0 fully saturated rings. The molecule has 0 amide bonds. The summed E-state index contributed by atoms with van der Waals surface area (Å²) >= 11 is 0. The van der Waals surface area contributed by atoms with E-state index in [1.165, 1.54) is 6.26 Å². The summed E-state index contributed by atoms with van der Waals surface area (Å²) in [5, 5.41) is 14.1. The number of hydrogen-bond donors (Lipinski definition) is 3. The Morgan fingerprint density at radius 1 is 1.64 bits per heavy atom. The molecule has 0 rings (SSSR count). The summed E-state index contributed by atoms with van der Waals surface area (Å²) < 4.78 is 21.5. The van der Waals surface area contributed by atoms with Crippen molar-refractivity contribution in [2.75, 3.05) is 25.1 Å². The highest BCUT2D eigenvalue weighted by molar-refractivity contribution is 7.90. The SMILES string of the molecule is CC(CNCCS(C)(=O)=O)C(N)=NO. The van der Waals surface area contributed by atoms with E-state index in [9.17, 15) is 8.42 Å². The first-order valence-electron chi connectivity index (χ1n) is 4.22. The van der Waals surface area contributed by atoms with Crippen molar-refractivity contribution in [1.29, 1.82) is 0 Å². The topological polar surface area (TPSA) is 105 Å². The second-order valence-electron chi connectivity index (χ2n) is 3.26. The average molecular weight is 223 g/mol. The van der Waals surface area contributed by atoms with Crippen LogP contribution in [0.1, 0.15) is 6.92 Å². The van der Waals surface area contributed by atoms with Crippen LogP contribution in [0.2, 0.25) is 0 Å². The van der Waals surface area contributed by atoms with Crippen LogP contribution in [-0.4, -0.2) is 44.6 Å². The van der Waals surface area contributed by atoms with Gasteiger partial charge in [0, 0.05) is 25.3 Å². The maximum absolute atomic E-state index is 10.7. The lowest BCUT2D eigenvalue weighted by Crippen LogP contribution is -2.33. The lowest BCUT2D eigenvalue weighted by atomic mass is 10.1. The van der Waals surface area contributed by atoms with Crippen LogP contribution in [0.5, 0.6) is 0 Å². The van der Waals surface area contributed by atoms with Crippen LogP contribution in [0.4, 0.5) is 0 Å². The molecular weight excluding hydrogens is 206 g/mol. The number of sulfone groups is 1. The fraction of sp³-hybridized carbons (Fsp3) is 0.857. The Morgan fingerprint density at radius 3 is 2.64 bits per heavy atom. The van der Waals surface area contributed by atoms with Gasteiger partial charge in [-0.1, -0.05) is 12.1 Å². The van der Waals surface area contributed by atoms with E-state index in [0.29, 0.717) is 13.1 Å². The van der Waals surface area contributed by atoms with Gasteiger partial charge in [0.2, 0.25) is 0 Å². The van der Waals surface area contributed by atoms with Gasteiger partial charge in [0.25, 0.3) is 0 Å². The van der Waals surface area contributed by atoms with Gasteiger partial charge in [-0.3, -0.25) is 0 Å². The van der Waals surface area contributed by atoms with Crippen molar-refractivity contribution in [3.63, 3.8) is 0 Å². The molecule has 0 radical (unpaired) electrons. The van der Waals surface area contributed by atoms with Gasteiger partial charge in [-0.25, -0.2) is 8.42 Å². The van der Waals surface area contributed by atoms with Crippen LogP contribution < -0.4 is 11.1 Å². The van der Waals surface area contributed by atoms with Gasteiger partial charge in [0.15, 0.2) is 0 Å². The van der Waals surface area contributed by atoms with Crippen LogP contribution in [0.15, 0.2) is 5.16 Å². The van der Waals surface area contributed by atoms with Gasteiger partial charge in [-0.15, -0.1) is 0 Å². The molecule has 4 N–H and O–H groups in total. The molecule has 6 nitrogen and oxygen atoms in total. The van der Waals surface area contributed by atoms with Crippen molar-refractivity contribution >= 4 is 15.7 Å². The Bertz CT molecular complexity index is 287. The predicted octanol–water partition coefficient (Wildman–Crippen LogP) is -0.997. The predicted molar refractivity (Wildman–Crippen MR) is 55.2 cm³/mol. The largest absolute Gasteiger partial charge is 0.409 e. The van der Waals surface area contributed by atoms with Crippen molar-refractivity contribution in [3.8, 4) is 0 Å². The first-order chi connectivity index (χ1) is 6.37. The molecule has 0 bridgehead atoms. The second-order valence-corrected chi connectivity index (χ2v) is 5.52. The normalized spacial score (nSPS) is 15.4. The van der Waals surface area contributed by atoms with E-state index in [1.54, 1.807) is 6.92 Å². The average Bonchev–Trinajstić information content (AvgIpc) is 2.09. The molecule has 7 heteroatoms. The number of nitrogens with one attached hydrogen (secondary N) is 1. The van der Waals surface area contributed by atoms with Crippen LogP contribution >= 0.6 is 0 Å². The zero-order valence-corrected chi connectivity index (χ0v) is 9.21. The molecule has 14 heavy (non-hydrogen) atoms. The Kier molecular flexibility index (Phi) is 5.47. The van der Waals surface area contributed by atoms with Crippen molar-refractivity contribution in [1.82, 2.24) is 5.32 Å². The van der Waals surface area contributed by atoms with Crippen LogP contribution in [-0.2, 0) is 9.84 Å². The molecule has 0 aliphatic carbocycles. The van der Waals surface area contributed by atoms with Crippen LogP contribution in [0.25, 0.3) is 0 Å². The fourth-order valence-electron chi connectivity index (χ4n) is 0.779. The first kappa shape index (κ1) is 13.2. The van der Waals surface area contributed by atoms with Crippen molar-refractivity contribution < 1.29 is 13.6 Å². The molecule has 0 aromatic heterocycles. The number of hydrogen-bond acceptors (Lipinski definition) is 5. The summed E-state index contributed by atoms with van der Waals surface area (Å²) in [6.07, 6.45) is 1.18. The van der Waals surface area contributed by atoms with Crippen LogP contribution in [0.3, 0.4) is 0 Å². The molecular formula is C7H17N3O3S. The van der Waals surface area contributed by atoms with Crippen LogP contribution in [0, 0.1) is 5.92 Å². The third-order valence-corrected chi connectivity index (χ3v) is 2.67. The van der Waals surface area contributed by atoms with E-state index in [2.05, 4.69) is 10.5 Å². The highest BCUT2D eigenvalue weighted by Gasteiger charge is 2.07. The molecule has 0 spiro atoms. The van der Waals surface area contributed by atoms with E-state index in [1.807, 2.05) is 0 Å². The quantitative estimate of drug-likeness (QED) is 0.176. The minimum Gasteiger partial charge on any atom is -0.409 e. The van der Waals surface area contributed by atoms with Crippen molar-refractivity contribution in [2.45, 2.75) is 6.92 Å². The van der Waals surface area contributed by atoms with E-state index in [0.717, 1.165) is 0 Å². The summed E-state index contributed by atoms with van der Waals surface area (Å²) in [5.74, 6) is 0.118. The van der Waals surface area contributed by atoms with Gasteiger partial charge in [-0.05, 0) is 0 Å². The summed E-state index contributed by atoms with van der Waals surface area (Å²) in [6, 6.07) is 0. The van der Waals surface area contributed by atoms with Gasteiger partial charge < -0.3 is 16.3 Å². The maximum atomic E-state index is 10.7. The summed E-state index contributed by atoms with van der Waals surface area (Å²) in [4.78, 5) is 0. The molecule has 0 aromatic carbocycles. The molecule has 0 aliphatic heterocycles. The number of nitrogens with zero attached hydrogens (tertiary/aromatic N) is 1. The minimum atomic E-state index is -2.92. The van der Waals surface area contributed by atoms with Crippen molar-refractivity contribution in [2.24, 2.45) is 16.8 Å². The zero-order chi connectivity index (χ0) is 11.2. The highest BCUT2D eigenvalue weighted by Crippen LogP contribution is 1.91. The van der Waals surface area contributed by atoms with E-state index in [4.69, 9.17) is 10.9 Å². The minimum absolute atomic E-state index is 0.0931. The number of nitrogens with two attached hydrogens (primary N) is 1. The number of rotatable bonds is 6. The molecule has 0 aromatic rings. The van der Waals surface area contributed by atoms with E-state index in [-0.39, 0.29) is 17.5 Å². The zero-order valence-electron chi connectivity index (χ0n) is 8.40. The summed E-state index contributed by atoms with van der Waals surface area (Å²) in [6.45, 7) is 2.65. The number of oxime groups is 1. The molecule has 0 saturated carbocycles. The third kappa shape index (κ3) is 6.67. The van der Waals surface area contributed by atoms with E-state index < -0.39 is 9.84 Å². The second kappa shape index (κ2) is 5.82. The Hall–Kier alpha value is -0.820. The lowest BCUT2D eigenvalue weighted by Gasteiger charge is -2.10. The lowest BCUT2D eigenvalue weighted by molar-refractivity contribution is 0.314. The monoisotopic (exact) mass is 223 g/mol. The Labute approximate surface area is 84.1 Å². The van der Waals surface area contributed by atoms with Gasteiger partial charge >= 0.3 is 0 Å². The van der Waals surface area contributed by atoms with Gasteiger partial charge in [0.1, 0.15) is 15.7 Å². The van der Waals surface area contributed by atoms with Gasteiger partial charge in [0.05, 0.1) is 5.75 Å². The Morgan fingerprint density at radius 2 is 2.21 bits per heavy atom. The molecule has 0 aliphatic rings. The van der Waals surface area contributed by atoms with Gasteiger partial charge in [-0.2, -0.15) is 0 Å². The van der Waals surface area contributed by atoms with Crippen molar-refractivity contribution in [3.05, 3.63) is 0 Å². The molecule has 1 atom stereocenters. The number of amidine groups is 1. The summed E-state index contributed by atoms with van der Waals surface area (Å²) in [5.41, 5.74) is 5.33. The van der Waals surface area contributed by atoms with E-state index >= 15 is 0 Å². The smallest absolute Gasteiger partial charge is 0.148 e. The highest BCUT2D eigenvalue weighted by atomic mass is 32.2. The molecule has 0 heterocycles. The maximum Gasteiger partial charge on any atom is 0.148 e. The summed E-state index contributed by atoms with van der Waals surface area (Å²) in [7, 11) is -2.92. The Balaban J connectivity index is 3.66. The molecule has 1 unspecified atom stereocenters. The molecule has 84 valence electrons. The standard InChI is InChI=1S/C7H17N3O3S/c1-6(7(8)10-11)5-9-3-4-14(2,12)13/h6,9,11H,3-5H2,1-2H3,(H2,8,10). The third-order valence-electron chi connectivity index (χ3n) is 1.72. The first-order valence-corrected chi connectivity index (χ1v) is 6.28. The molecule has 0 saturated heterocycles.